The van der Waals surface area contributed by atoms with Crippen molar-refractivity contribution in [1.29, 1.82) is 0 Å². The lowest BCUT2D eigenvalue weighted by Gasteiger charge is -2.24. The zero-order valence-corrected chi connectivity index (χ0v) is 8.18. The molecule has 0 radical (unpaired) electrons. The molecule has 0 aliphatic heterocycles. The van der Waals surface area contributed by atoms with Crippen LogP contribution >= 0.6 is 0 Å². The zero-order chi connectivity index (χ0) is 11.7. The molecular weight excluding hydrogens is 217 g/mol. The Labute approximate surface area is 90.0 Å². The number of halogens is 1. The van der Waals surface area contributed by atoms with Crippen LogP contribution in [0.25, 0.3) is 0 Å². The van der Waals surface area contributed by atoms with Crippen LogP contribution in [0, 0.1) is 15.9 Å². The Morgan fingerprint density at radius 2 is 2.12 bits per heavy atom. The number of benzene rings is 1. The van der Waals surface area contributed by atoms with Crippen molar-refractivity contribution >= 4 is 11.5 Å². The van der Waals surface area contributed by atoms with Crippen molar-refractivity contribution < 1.29 is 18.8 Å². The van der Waals surface area contributed by atoms with Gasteiger partial charge in [-0.25, -0.2) is 4.39 Å². The maximum absolute atomic E-state index is 13.3. The maximum atomic E-state index is 13.3. The molecular formula is C10H8FNO4. The molecule has 0 aromatic heterocycles. The predicted octanol–water partition coefficient (Wildman–Crippen LogP) is 1.84. The number of carbonyl (C=O) groups excluding carboxylic acids is 1. The summed E-state index contributed by atoms with van der Waals surface area (Å²) in [7, 11) is 0. The molecule has 0 N–H and O–H groups in total. The molecule has 1 aliphatic rings. The first-order valence-corrected chi connectivity index (χ1v) is 4.69. The summed E-state index contributed by atoms with van der Waals surface area (Å²) in [5.41, 5.74) is -0.417. The van der Waals surface area contributed by atoms with Gasteiger partial charge in [-0.05, 0) is 6.07 Å². The summed E-state index contributed by atoms with van der Waals surface area (Å²) >= 11 is 0. The Morgan fingerprint density at radius 3 is 2.69 bits per heavy atom. The third-order valence-electron chi connectivity index (χ3n) is 2.34. The average molecular weight is 225 g/mol. The first-order chi connectivity index (χ1) is 7.58. The van der Waals surface area contributed by atoms with Gasteiger partial charge in [0, 0.05) is 18.9 Å². The van der Waals surface area contributed by atoms with Gasteiger partial charge >= 0.3 is 5.69 Å². The lowest BCUT2D eigenvalue weighted by molar-refractivity contribution is -0.386. The highest BCUT2D eigenvalue weighted by Gasteiger charge is 2.31. The van der Waals surface area contributed by atoms with Crippen LogP contribution in [0.4, 0.5) is 10.1 Å². The van der Waals surface area contributed by atoms with E-state index in [0.717, 1.165) is 6.07 Å². The number of nitro groups is 1. The molecule has 1 aliphatic carbocycles. The quantitative estimate of drug-likeness (QED) is 0.581. The maximum Gasteiger partial charge on any atom is 0.314 e. The Balaban J connectivity index is 2.24. The van der Waals surface area contributed by atoms with Crippen LogP contribution in [0.1, 0.15) is 12.8 Å². The zero-order valence-electron chi connectivity index (χ0n) is 8.18. The van der Waals surface area contributed by atoms with Crippen LogP contribution in [-0.2, 0) is 4.79 Å². The van der Waals surface area contributed by atoms with Gasteiger partial charge < -0.3 is 4.74 Å². The molecule has 1 saturated carbocycles. The highest BCUT2D eigenvalue weighted by atomic mass is 19.1. The normalized spacial score (nSPS) is 15.7. The highest BCUT2D eigenvalue weighted by Crippen LogP contribution is 2.33. The smallest absolute Gasteiger partial charge is 0.314 e. The molecule has 1 aromatic carbocycles. The molecule has 0 amide bonds. The van der Waals surface area contributed by atoms with E-state index in [9.17, 15) is 19.3 Å². The number of nitro benzene ring substituents is 1. The molecule has 0 spiro atoms. The molecule has 0 atom stereocenters. The third kappa shape index (κ3) is 1.86. The largest absolute Gasteiger partial charge is 0.481 e. The van der Waals surface area contributed by atoms with Crippen molar-refractivity contribution in [2.24, 2.45) is 0 Å². The van der Waals surface area contributed by atoms with Gasteiger partial charge in [0.05, 0.1) is 4.92 Å². The lowest BCUT2D eigenvalue weighted by atomic mass is 9.94. The van der Waals surface area contributed by atoms with Gasteiger partial charge in [-0.1, -0.05) is 6.07 Å². The summed E-state index contributed by atoms with van der Waals surface area (Å²) in [6.45, 7) is 0. The number of ether oxygens (including phenoxy) is 1. The van der Waals surface area contributed by atoms with Gasteiger partial charge in [0.15, 0.2) is 5.82 Å². The summed E-state index contributed by atoms with van der Waals surface area (Å²) in [5.74, 6) is -1.15. The van der Waals surface area contributed by atoms with E-state index in [2.05, 4.69) is 0 Å². The number of hydrogen-bond acceptors (Lipinski definition) is 4. The average Bonchev–Trinajstić information content (AvgIpc) is 2.18. The molecule has 16 heavy (non-hydrogen) atoms. The lowest BCUT2D eigenvalue weighted by Crippen LogP contribution is -2.34. The number of rotatable bonds is 3. The molecule has 0 bridgehead atoms. The number of ketones is 1. The third-order valence-corrected chi connectivity index (χ3v) is 2.34. The van der Waals surface area contributed by atoms with Gasteiger partial charge in [-0.2, -0.15) is 0 Å². The monoisotopic (exact) mass is 225 g/mol. The van der Waals surface area contributed by atoms with E-state index >= 15 is 0 Å². The van der Waals surface area contributed by atoms with Gasteiger partial charge in [0.1, 0.15) is 11.9 Å². The number of carbonyl (C=O) groups is 1. The molecule has 1 aromatic rings. The van der Waals surface area contributed by atoms with Gasteiger partial charge in [0.2, 0.25) is 5.75 Å². The Kier molecular flexibility index (Phi) is 2.55. The second kappa shape index (κ2) is 3.88. The van der Waals surface area contributed by atoms with Crippen LogP contribution in [0.2, 0.25) is 0 Å². The minimum absolute atomic E-state index is 0.0176. The van der Waals surface area contributed by atoms with Gasteiger partial charge in [-0.15, -0.1) is 0 Å². The first-order valence-electron chi connectivity index (χ1n) is 4.69. The number of nitrogens with zero attached hydrogens (tertiary/aromatic N) is 1. The van der Waals surface area contributed by atoms with Crippen LogP contribution < -0.4 is 4.74 Å². The Morgan fingerprint density at radius 1 is 1.44 bits per heavy atom. The van der Waals surface area contributed by atoms with E-state index < -0.39 is 22.5 Å². The van der Waals surface area contributed by atoms with Crippen molar-refractivity contribution in [1.82, 2.24) is 0 Å². The van der Waals surface area contributed by atoms with Crippen molar-refractivity contribution in [2.75, 3.05) is 0 Å². The van der Waals surface area contributed by atoms with Crippen molar-refractivity contribution in [3.8, 4) is 5.75 Å². The highest BCUT2D eigenvalue weighted by molar-refractivity contribution is 5.85. The van der Waals surface area contributed by atoms with E-state index in [1.165, 1.54) is 12.1 Å². The van der Waals surface area contributed by atoms with Crippen molar-refractivity contribution in [3.63, 3.8) is 0 Å². The van der Waals surface area contributed by atoms with E-state index in [1.54, 1.807) is 0 Å². The van der Waals surface area contributed by atoms with E-state index in [1.807, 2.05) is 0 Å². The van der Waals surface area contributed by atoms with Crippen LogP contribution in [0.15, 0.2) is 18.2 Å². The summed E-state index contributed by atoms with van der Waals surface area (Å²) in [5, 5.41) is 10.6. The van der Waals surface area contributed by atoms with E-state index in [4.69, 9.17) is 4.74 Å². The standard InChI is InChI=1S/C10H8FNO4/c11-8-2-1-3-9(12(14)15)10(8)16-7-4-6(13)5-7/h1-3,7H,4-5H2. The molecule has 0 heterocycles. The van der Waals surface area contributed by atoms with Crippen LogP contribution in [0.5, 0.6) is 5.75 Å². The molecule has 0 unspecified atom stereocenters. The first kappa shape index (κ1) is 10.5. The fourth-order valence-corrected chi connectivity index (χ4v) is 1.46. The summed E-state index contributed by atoms with van der Waals surface area (Å²) in [4.78, 5) is 20.6. The second-order valence-electron chi connectivity index (χ2n) is 3.53. The molecule has 6 heteroatoms. The Bertz CT molecular complexity index is 452. The minimum Gasteiger partial charge on any atom is -0.481 e. The second-order valence-corrected chi connectivity index (χ2v) is 3.53. The van der Waals surface area contributed by atoms with Crippen molar-refractivity contribution in [2.45, 2.75) is 18.9 Å². The summed E-state index contributed by atoms with van der Waals surface area (Å²) in [6, 6.07) is 3.49. The van der Waals surface area contributed by atoms with E-state index in [0.29, 0.717) is 0 Å². The SMILES string of the molecule is O=C1CC(Oc2c(F)cccc2[N+](=O)[O-])C1. The molecule has 5 nitrogen and oxygen atoms in total. The molecule has 1 fully saturated rings. The molecule has 84 valence electrons. The topological polar surface area (TPSA) is 69.4 Å². The van der Waals surface area contributed by atoms with Gasteiger partial charge in [-0.3, -0.25) is 14.9 Å². The summed E-state index contributed by atoms with van der Waals surface area (Å²) in [6.07, 6.45) is -0.0696. The Hall–Kier alpha value is -1.98. The van der Waals surface area contributed by atoms with E-state index in [-0.39, 0.29) is 24.4 Å². The number of Topliss-reactive ketones (excluding diaryl/α,β-unsaturated/α-hetero) is 1. The molecule has 0 saturated heterocycles. The predicted molar refractivity (Wildman–Crippen MR) is 51.7 cm³/mol. The fourth-order valence-electron chi connectivity index (χ4n) is 1.46. The number of para-hydroxylation sites is 1. The molecule has 2 rings (SSSR count). The van der Waals surface area contributed by atoms with Crippen LogP contribution in [0.3, 0.4) is 0 Å². The van der Waals surface area contributed by atoms with Crippen molar-refractivity contribution in [3.05, 3.63) is 34.1 Å². The minimum atomic E-state index is -0.784. The fraction of sp³-hybridized carbons (Fsp3) is 0.300. The van der Waals surface area contributed by atoms with Crippen LogP contribution in [-0.4, -0.2) is 16.8 Å². The summed E-state index contributed by atoms with van der Waals surface area (Å²) < 4.78 is 18.4. The number of hydrogen-bond donors (Lipinski definition) is 0. The van der Waals surface area contributed by atoms with Gasteiger partial charge in [0.25, 0.3) is 0 Å².